The van der Waals surface area contributed by atoms with Crippen molar-refractivity contribution >= 4 is 6.03 Å². The molecule has 6 heteroatoms. The van der Waals surface area contributed by atoms with Crippen LogP contribution in [0, 0.1) is 5.92 Å². The lowest BCUT2D eigenvalue weighted by atomic mass is 9.97. The van der Waals surface area contributed by atoms with Crippen LogP contribution in [0.25, 0.3) is 0 Å². The van der Waals surface area contributed by atoms with Gasteiger partial charge in [-0.25, -0.2) is 4.79 Å². The summed E-state index contributed by atoms with van der Waals surface area (Å²) < 4.78 is 18.4. The zero-order valence-electron chi connectivity index (χ0n) is 18.2. The molecule has 3 N–H and O–H groups in total. The van der Waals surface area contributed by atoms with Gasteiger partial charge in [0.2, 0.25) is 0 Å². The number of urea groups is 1. The Balaban J connectivity index is 5.13. The fraction of sp³-hybridized carbons (Fsp3) is 0.952. The lowest BCUT2D eigenvalue weighted by Crippen LogP contribution is -2.51. The van der Waals surface area contributed by atoms with E-state index < -0.39 is 12.0 Å². The van der Waals surface area contributed by atoms with E-state index in [2.05, 4.69) is 33.0 Å². The second-order valence-corrected chi connectivity index (χ2v) is 7.15. The second-order valence-electron chi connectivity index (χ2n) is 7.15. The van der Waals surface area contributed by atoms with Crippen molar-refractivity contribution < 1.29 is 19.0 Å². The number of nitrogens with two attached hydrogens (primary N) is 1. The number of ether oxygens (including phenoxy) is 3. The molecule has 0 heterocycles. The topological polar surface area (TPSA) is 82.8 Å². The molecule has 0 saturated carbocycles. The summed E-state index contributed by atoms with van der Waals surface area (Å²) in [6.45, 7) is 10.5. The molecule has 6 nitrogen and oxygen atoms in total. The first kappa shape index (κ1) is 26.1. The van der Waals surface area contributed by atoms with Crippen LogP contribution >= 0.6 is 0 Å². The van der Waals surface area contributed by atoms with Gasteiger partial charge in [0.1, 0.15) is 0 Å². The maximum atomic E-state index is 11.3. The average Bonchev–Trinajstić information content (AvgIpc) is 2.66. The fourth-order valence-corrected chi connectivity index (χ4v) is 3.01. The van der Waals surface area contributed by atoms with E-state index in [0.717, 1.165) is 32.1 Å². The summed E-state index contributed by atoms with van der Waals surface area (Å²) in [5.41, 5.74) is 5.32. The van der Waals surface area contributed by atoms with Crippen LogP contribution in [0.2, 0.25) is 0 Å². The molecule has 0 aliphatic rings. The smallest absolute Gasteiger partial charge is 0.312 e. The van der Waals surface area contributed by atoms with Crippen LogP contribution in [-0.2, 0) is 14.2 Å². The van der Waals surface area contributed by atoms with Crippen LogP contribution in [0.3, 0.4) is 0 Å². The Kier molecular flexibility index (Phi) is 16.7. The zero-order chi connectivity index (χ0) is 20.4. The number of carbonyl (C=O) groups excluding carboxylic acids is 1. The Labute approximate surface area is 166 Å². The normalized spacial score (nSPS) is 12.9. The van der Waals surface area contributed by atoms with Gasteiger partial charge in [-0.05, 0) is 25.7 Å². The lowest BCUT2D eigenvalue weighted by Gasteiger charge is -2.39. The summed E-state index contributed by atoms with van der Waals surface area (Å²) in [4.78, 5) is 11.3. The molecule has 27 heavy (non-hydrogen) atoms. The van der Waals surface area contributed by atoms with Crippen molar-refractivity contribution in [3.05, 3.63) is 0 Å². The van der Waals surface area contributed by atoms with Crippen molar-refractivity contribution in [2.75, 3.05) is 26.4 Å². The van der Waals surface area contributed by atoms with E-state index in [4.69, 9.17) is 19.9 Å². The quantitative estimate of drug-likeness (QED) is 0.242. The molecule has 2 amide bonds. The summed E-state index contributed by atoms with van der Waals surface area (Å²) >= 11 is 0. The number of hydrogen-bond donors (Lipinski definition) is 2. The molecule has 0 aromatic carbocycles. The molecule has 0 radical (unpaired) electrons. The van der Waals surface area contributed by atoms with Gasteiger partial charge in [-0.3, -0.25) is 0 Å². The molecule has 1 unspecified atom stereocenters. The largest absolute Gasteiger partial charge is 0.352 e. The molecule has 162 valence electrons. The van der Waals surface area contributed by atoms with Crippen LogP contribution < -0.4 is 11.1 Å². The van der Waals surface area contributed by atoms with Gasteiger partial charge >= 0.3 is 6.03 Å². The Bertz CT molecular complexity index is 331. The van der Waals surface area contributed by atoms with Crippen LogP contribution in [0.15, 0.2) is 0 Å². The van der Waals surface area contributed by atoms with E-state index >= 15 is 0 Å². The minimum Gasteiger partial charge on any atom is -0.352 e. The molecule has 0 aliphatic heterocycles. The van der Waals surface area contributed by atoms with Gasteiger partial charge in [-0.1, -0.05) is 66.2 Å². The minimum atomic E-state index is -1.12. The first-order chi connectivity index (χ1) is 13.1. The number of carbonyl (C=O) groups is 1. The summed E-state index contributed by atoms with van der Waals surface area (Å²) in [5.74, 6) is -1.21. The molecule has 0 aromatic heterocycles. The van der Waals surface area contributed by atoms with E-state index in [1.165, 1.54) is 32.1 Å². The molecule has 0 spiro atoms. The third-order valence-electron chi connectivity index (χ3n) is 4.45. The predicted octanol–water partition coefficient (Wildman–Crippen LogP) is 4.96. The predicted molar refractivity (Wildman–Crippen MR) is 111 cm³/mol. The molecule has 1 atom stereocenters. The van der Waals surface area contributed by atoms with Crippen molar-refractivity contribution in [3.8, 4) is 0 Å². The Morgan fingerprint density at radius 2 is 1.30 bits per heavy atom. The second kappa shape index (κ2) is 17.3. The van der Waals surface area contributed by atoms with E-state index in [0.29, 0.717) is 26.4 Å². The molecular formula is C21H44N2O4. The third kappa shape index (κ3) is 12.3. The average molecular weight is 389 g/mol. The highest BCUT2D eigenvalue weighted by Crippen LogP contribution is 2.31. The van der Waals surface area contributed by atoms with Gasteiger partial charge in [0.05, 0.1) is 25.7 Å². The third-order valence-corrected chi connectivity index (χ3v) is 4.45. The summed E-state index contributed by atoms with van der Waals surface area (Å²) in [6, 6.07) is -0.529. The maximum absolute atomic E-state index is 11.3. The first-order valence-electron chi connectivity index (χ1n) is 11.0. The molecule has 0 fully saturated rings. The maximum Gasteiger partial charge on any atom is 0.312 e. The molecule has 0 bridgehead atoms. The zero-order valence-corrected chi connectivity index (χ0v) is 18.2. The SMILES string of the molecule is CCCCCCCCC(CNC(N)=O)C(OCCC)(OCCC)OCCC. The molecule has 0 aromatic rings. The van der Waals surface area contributed by atoms with Gasteiger partial charge in [-0.15, -0.1) is 0 Å². The number of amides is 2. The number of rotatable bonds is 19. The fourth-order valence-electron chi connectivity index (χ4n) is 3.01. The Morgan fingerprint density at radius 1 is 0.815 bits per heavy atom. The molecule has 0 aliphatic carbocycles. The van der Waals surface area contributed by atoms with Crippen molar-refractivity contribution in [2.24, 2.45) is 11.7 Å². The van der Waals surface area contributed by atoms with E-state index in [1.54, 1.807) is 0 Å². The van der Waals surface area contributed by atoms with Crippen molar-refractivity contribution in [3.63, 3.8) is 0 Å². The summed E-state index contributed by atoms with van der Waals surface area (Å²) in [5, 5.41) is 2.74. The number of nitrogens with one attached hydrogen (secondary N) is 1. The van der Waals surface area contributed by atoms with Gasteiger partial charge in [0.25, 0.3) is 5.97 Å². The van der Waals surface area contributed by atoms with Crippen molar-refractivity contribution in [2.45, 2.75) is 97.9 Å². The number of primary amides is 1. The van der Waals surface area contributed by atoms with E-state index in [1.807, 2.05) is 0 Å². The van der Waals surface area contributed by atoms with Gasteiger partial charge in [-0.2, -0.15) is 0 Å². The van der Waals surface area contributed by atoms with E-state index in [9.17, 15) is 4.79 Å². The summed E-state index contributed by atoms with van der Waals surface area (Å²) in [6.07, 6.45) is 10.7. The number of unbranched alkanes of at least 4 members (excludes halogenated alkanes) is 5. The van der Waals surface area contributed by atoms with E-state index in [-0.39, 0.29) is 5.92 Å². The highest BCUT2D eigenvalue weighted by Gasteiger charge is 2.42. The number of hydrogen-bond acceptors (Lipinski definition) is 4. The molecular weight excluding hydrogens is 344 g/mol. The van der Waals surface area contributed by atoms with Gasteiger partial charge in [0, 0.05) is 6.54 Å². The van der Waals surface area contributed by atoms with Crippen LogP contribution in [0.1, 0.15) is 91.9 Å². The summed E-state index contributed by atoms with van der Waals surface area (Å²) in [7, 11) is 0. The monoisotopic (exact) mass is 388 g/mol. The van der Waals surface area contributed by atoms with Crippen LogP contribution in [-0.4, -0.2) is 38.4 Å². The van der Waals surface area contributed by atoms with Gasteiger partial charge in [0.15, 0.2) is 0 Å². The molecule has 0 saturated heterocycles. The highest BCUT2D eigenvalue weighted by atomic mass is 16.9. The standard InChI is InChI=1S/C21H44N2O4/c1-5-9-10-11-12-13-14-19(18-23-20(22)24)21(25-15-6-2,26-16-7-3)27-17-8-4/h19H,5-18H2,1-4H3,(H3,22,23,24). The van der Waals surface area contributed by atoms with Gasteiger partial charge < -0.3 is 25.3 Å². The minimum absolute atomic E-state index is 0.0965. The Morgan fingerprint density at radius 3 is 1.74 bits per heavy atom. The van der Waals surface area contributed by atoms with Crippen molar-refractivity contribution in [1.29, 1.82) is 0 Å². The van der Waals surface area contributed by atoms with Crippen LogP contribution in [0.4, 0.5) is 4.79 Å². The first-order valence-corrected chi connectivity index (χ1v) is 11.0. The highest BCUT2D eigenvalue weighted by molar-refractivity contribution is 5.71. The lowest BCUT2D eigenvalue weighted by molar-refractivity contribution is -0.405. The Hall–Kier alpha value is -0.850. The van der Waals surface area contributed by atoms with Crippen LogP contribution in [0.5, 0.6) is 0 Å². The molecule has 0 rings (SSSR count). The van der Waals surface area contributed by atoms with Crippen molar-refractivity contribution in [1.82, 2.24) is 5.32 Å².